The number of ether oxygens (including phenoxy) is 2. The molecule has 0 aliphatic heterocycles. The average Bonchev–Trinajstić information content (AvgIpc) is 3.11. The van der Waals surface area contributed by atoms with Crippen LogP contribution >= 0.6 is 0 Å². The highest BCUT2D eigenvalue weighted by atomic mass is 16.5. The largest absolute Gasteiger partial charge is 0.508 e. The van der Waals surface area contributed by atoms with Crippen molar-refractivity contribution in [2.45, 2.75) is 38.5 Å². The Kier molecular flexibility index (Phi) is 10.5. The summed E-state index contributed by atoms with van der Waals surface area (Å²) in [5, 5.41) is 83.3. The topological polar surface area (TPSA) is 180 Å². The quantitative estimate of drug-likeness (QED) is 0.0584. The van der Waals surface area contributed by atoms with Crippen LogP contribution in [-0.4, -0.2) is 40.9 Å². The van der Waals surface area contributed by atoms with Crippen molar-refractivity contribution in [2.24, 2.45) is 0 Å². The first-order valence-electron chi connectivity index (χ1n) is 16.7. The minimum absolute atomic E-state index is 0.0494. The van der Waals surface area contributed by atoms with E-state index in [9.17, 15) is 40.9 Å². The van der Waals surface area contributed by atoms with E-state index in [1.807, 2.05) is 12.1 Å². The van der Waals surface area contributed by atoms with Gasteiger partial charge in [-0.15, -0.1) is 0 Å². The first kappa shape index (κ1) is 35.2. The zero-order chi connectivity index (χ0) is 36.8. The minimum atomic E-state index is -0.349. The van der Waals surface area contributed by atoms with E-state index >= 15 is 0 Å². The predicted octanol–water partition coefficient (Wildman–Crippen LogP) is 8.27. The third kappa shape index (κ3) is 8.72. The molecule has 0 aliphatic carbocycles. The second-order valence-corrected chi connectivity index (χ2v) is 12.6. The molecule has 0 aliphatic rings. The van der Waals surface area contributed by atoms with Crippen LogP contribution in [0.3, 0.4) is 0 Å². The van der Waals surface area contributed by atoms with Gasteiger partial charge in [0.25, 0.3) is 0 Å². The fourth-order valence-electron chi connectivity index (χ4n) is 5.91. The van der Waals surface area contributed by atoms with Crippen LogP contribution in [0, 0.1) is 0 Å². The fraction of sp³-hybridized carbons (Fsp3) is 0.143. The number of rotatable bonds is 13. The number of hydrogen-bond donors (Lipinski definition) is 8. The zero-order valence-corrected chi connectivity index (χ0v) is 28.0. The minimum Gasteiger partial charge on any atom is -0.508 e. The first-order chi connectivity index (χ1) is 25.0. The molecule has 10 nitrogen and oxygen atoms in total. The molecule has 8 N–H and O–H groups in total. The molecular formula is C42H38O10. The maximum atomic E-state index is 10.8. The molecule has 0 heterocycles. The molecule has 0 atom stereocenters. The van der Waals surface area contributed by atoms with Crippen LogP contribution in [0.2, 0.25) is 0 Å². The van der Waals surface area contributed by atoms with Crippen LogP contribution in [0.4, 0.5) is 0 Å². The number of phenols is 8. The van der Waals surface area contributed by atoms with E-state index in [0.717, 1.165) is 22.3 Å². The van der Waals surface area contributed by atoms with Crippen molar-refractivity contribution >= 4 is 0 Å². The van der Waals surface area contributed by atoms with Crippen molar-refractivity contribution in [2.75, 3.05) is 0 Å². The van der Waals surface area contributed by atoms with Crippen LogP contribution in [-0.2, 0) is 38.5 Å². The molecule has 52 heavy (non-hydrogen) atoms. The lowest BCUT2D eigenvalue weighted by molar-refractivity contribution is 0.358. The Balaban J connectivity index is 1.09. The highest BCUT2D eigenvalue weighted by Crippen LogP contribution is 2.45. The Morgan fingerprint density at radius 3 is 0.981 bits per heavy atom. The summed E-state index contributed by atoms with van der Waals surface area (Å²) < 4.78 is 11.5. The van der Waals surface area contributed by atoms with E-state index in [4.69, 9.17) is 9.47 Å². The Bertz CT molecular complexity index is 2010. The Morgan fingerprint density at radius 2 is 0.635 bits per heavy atom. The van der Waals surface area contributed by atoms with Crippen LogP contribution in [0.5, 0.6) is 69.0 Å². The SMILES string of the molecule is Oc1cccc(CCc2ccc(O)c(Oc3c(O)cc(CCc4cc(O)c(Oc5cc(CCc6cccc(O)c6)ccc5O)c(O)c4)cc3O)c2)c1. The van der Waals surface area contributed by atoms with E-state index in [-0.39, 0.29) is 69.0 Å². The molecule has 0 unspecified atom stereocenters. The lowest BCUT2D eigenvalue weighted by Gasteiger charge is -2.15. The Hall–Kier alpha value is -6.68. The Labute approximate surface area is 299 Å². The number of benzene rings is 6. The van der Waals surface area contributed by atoms with E-state index in [1.165, 1.54) is 36.4 Å². The molecule has 0 aromatic heterocycles. The van der Waals surface area contributed by atoms with Gasteiger partial charge in [0.1, 0.15) is 11.5 Å². The molecule has 6 rings (SSSR count). The summed E-state index contributed by atoms with van der Waals surface area (Å²) in [6, 6.07) is 29.3. The molecule has 0 spiro atoms. The molecule has 6 aromatic carbocycles. The third-order valence-corrected chi connectivity index (χ3v) is 8.62. The smallest absolute Gasteiger partial charge is 0.210 e. The van der Waals surface area contributed by atoms with Gasteiger partial charge in [-0.1, -0.05) is 36.4 Å². The highest BCUT2D eigenvalue weighted by molar-refractivity contribution is 5.58. The van der Waals surface area contributed by atoms with Gasteiger partial charge in [-0.2, -0.15) is 0 Å². The summed E-state index contributed by atoms with van der Waals surface area (Å²) in [6.07, 6.45) is 3.06. The molecule has 0 saturated carbocycles. The van der Waals surface area contributed by atoms with Crippen molar-refractivity contribution in [1.29, 1.82) is 0 Å². The second kappa shape index (κ2) is 15.5. The predicted molar refractivity (Wildman–Crippen MR) is 194 cm³/mol. The van der Waals surface area contributed by atoms with Gasteiger partial charge in [0.05, 0.1) is 0 Å². The lowest BCUT2D eigenvalue weighted by Crippen LogP contribution is -1.96. The summed E-state index contributed by atoms with van der Waals surface area (Å²) >= 11 is 0. The van der Waals surface area contributed by atoms with Gasteiger partial charge in [0, 0.05) is 0 Å². The molecule has 0 fully saturated rings. The second-order valence-electron chi connectivity index (χ2n) is 12.6. The highest BCUT2D eigenvalue weighted by Gasteiger charge is 2.18. The van der Waals surface area contributed by atoms with Crippen LogP contribution in [0.15, 0.2) is 109 Å². The summed E-state index contributed by atoms with van der Waals surface area (Å²) in [6.45, 7) is 0. The number of phenolic OH excluding ortho intramolecular Hbond substituents is 8. The zero-order valence-electron chi connectivity index (χ0n) is 28.0. The third-order valence-electron chi connectivity index (χ3n) is 8.62. The van der Waals surface area contributed by atoms with Gasteiger partial charge >= 0.3 is 0 Å². The van der Waals surface area contributed by atoms with Gasteiger partial charge in [-0.3, -0.25) is 0 Å². The molecule has 0 bridgehead atoms. The molecular weight excluding hydrogens is 664 g/mol. The van der Waals surface area contributed by atoms with Crippen molar-refractivity contribution < 1.29 is 50.3 Å². The van der Waals surface area contributed by atoms with E-state index < -0.39 is 0 Å². The molecule has 10 heteroatoms. The molecule has 6 aromatic rings. The van der Waals surface area contributed by atoms with Crippen molar-refractivity contribution in [3.8, 4) is 69.0 Å². The lowest BCUT2D eigenvalue weighted by atomic mass is 10.0. The fourth-order valence-corrected chi connectivity index (χ4v) is 5.91. The summed E-state index contributed by atoms with van der Waals surface area (Å²) in [7, 11) is 0. The maximum Gasteiger partial charge on any atom is 0.210 e. The normalized spacial score (nSPS) is 11.0. The van der Waals surface area contributed by atoms with Gasteiger partial charge in [0.15, 0.2) is 46.0 Å². The van der Waals surface area contributed by atoms with Crippen LogP contribution in [0.1, 0.15) is 33.4 Å². The van der Waals surface area contributed by atoms with E-state index in [2.05, 4.69) is 0 Å². The molecule has 0 saturated heterocycles. The van der Waals surface area contributed by atoms with Gasteiger partial charge in [-0.05, 0) is 145 Å². The molecule has 0 amide bonds. The Morgan fingerprint density at radius 1 is 0.308 bits per heavy atom. The van der Waals surface area contributed by atoms with Crippen molar-refractivity contribution in [3.63, 3.8) is 0 Å². The maximum absolute atomic E-state index is 10.8. The van der Waals surface area contributed by atoms with Gasteiger partial charge in [0.2, 0.25) is 11.5 Å². The first-order valence-corrected chi connectivity index (χ1v) is 16.7. The average molecular weight is 703 g/mol. The molecule has 0 radical (unpaired) electrons. The van der Waals surface area contributed by atoms with Gasteiger partial charge < -0.3 is 50.3 Å². The number of hydrogen-bond acceptors (Lipinski definition) is 10. The summed E-state index contributed by atoms with van der Waals surface area (Å²) in [5.74, 6) is -1.75. The van der Waals surface area contributed by atoms with Gasteiger partial charge in [-0.25, -0.2) is 0 Å². The molecule has 266 valence electrons. The van der Waals surface area contributed by atoms with E-state index in [1.54, 1.807) is 60.7 Å². The van der Waals surface area contributed by atoms with Crippen LogP contribution < -0.4 is 9.47 Å². The van der Waals surface area contributed by atoms with Crippen molar-refractivity contribution in [1.82, 2.24) is 0 Å². The standard InChI is InChI=1S/C42H38O10/c43-31-5-1-3-25(17-31)7-9-27-13-15-33(45)39(23-27)51-41-35(47)19-29(20-36(41)48)11-12-30-21-37(49)42(38(50)22-30)52-40-24-28(14-16-34(40)46)10-8-26-4-2-6-32(44)18-26/h1-6,13-24,43-50H,7-12H2. The van der Waals surface area contributed by atoms with Crippen molar-refractivity contribution in [3.05, 3.63) is 143 Å². The number of aromatic hydroxyl groups is 8. The monoisotopic (exact) mass is 702 g/mol. The number of aryl methyl sites for hydroxylation is 6. The van der Waals surface area contributed by atoms with E-state index in [0.29, 0.717) is 49.7 Å². The van der Waals surface area contributed by atoms with Crippen LogP contribution in [0.25, 0.3) is 0 Å². The summed E-state index contributed by atoms with van der Waals surface area (Å²) in [5.41, 5.74) is 4.63. The summed E-state index contributed by atoms with van der Waals surface area (Å²) in [4.78, 5) is 0.